The van der Waals surface area contributed by atoms with E-state index in [-0.39, 0.29) is 5.54 Å². The summed E-state index contributed by atoms with van der Waals surface area (Å²) >= 11 is 0. The standard InChI is InChI=1S/C16H30N4/c1-6-17-15(14-11-18-20(5)12-14)16(19(3)4)9-7-13(2)8-10-16/h11-13,15,17H,6-10H2,1-5H3. The highest BCUT2D eigenvalue weighted by Gasteiger charge is 2.43. The number of likely N-dealkylation sites (N-methyl/N-ethyl adjacent to an activating group) is 2. The van der Waals surface area contributed by atoms with Crippen molar-refractivity contribution in [2.75, 3.05) is 20.6 Å². The van der Waals surface area contributed by atoms with Gasteiger partial charge >= 0.3 is 0 Å². The van der Waals surface area contributed by atoms with E-state index in [9.17, 15) is 0 Å². The van der Waals surface area contributed by atoms with Crippen molar-refractivity contribution in [1.29, 1.82) is 0 Å². The Morgan fingerprint density at radius 1 is 1.45 bits per heavy atom. The highest BCUT2D eigenvalue weighted by atomic mass is 15.3. The molecule has 1 aliphatic rings. The lowest BCUT2D eigenvalue weighted by Gasteiger charge is -2.49. The molecule has 0 aromatic carbocycles. The van der Waals surface area contributed by atoms with Gasteiger partial charge in [-0.3, -0.25) is 4.68 Å². The zero-order valence-corrected chi connectivity index (χ0v) is 13.7. The number of aryl methyl sites for hydroxylation is 1. The summed E-state index contributed by atoms with van der Waals surface area (Å²) < 4.78 is 1.91. The minimum Gasteiger partial charge on any atom is -0.309 e. The minimum atomic E-state index is 0.214. The molecular formula is C16H30N4. The van der Waals surface area contributed by atoms with Crippen molar-refractivity contribution >= 4 is 0 Å². The van der Waals surface area contributed by atoms with Gasteiger partial charge in [-0.2, -0.15) is 5.10 Å². The second-order valence-corrected chi connectivity index (χ2v) is 6.62. The maximum absolute atomic E-state index is 4.38. The zero-order valence-electron chi connectivity index (χ0n) is 13.7. The molecule has 0 radical (unpaired) electrons. The Hall–Kier alpha value is -0.870. The lowest BCUT2D eigenvalue weighted by Crippen LogP contribution is -2.55. The molecule has 20 heavy (non-hydrogen) atoms. The number of nitrogens with one attached hydrogen (secondary N) is 1. The van der Waals surface area contributed by atoms with Crippen LogP contribution in [-0.4, -0.2) is 40.9 Å². The van der Waals surface area contributed by atoms with Gasteiger partial charge in [0, 0.05) is 24.3 Å². The third kappa shape index (κ3) is 2.91. The molecule has 2 rings (SSSR count). The van der Waals surface area contributed by atoms with E-state index in [1.807, 2.05) is 17.9 Å². The highest BCUT2D eigenvalue weighted by molar-refractivity contribution is 5.19. The van der Waals surface area contributed by atoms with E-state index in [0.29, 0.717) is 6.04 Å². The van der Waals surface area contributed by atoms with Crippen molar-refractivity contribution in [3.63, 3.8) is 0 Å². The maximum atomic E-state index is 4.38. The number of rotatable bonds is 5. The van der Waals surface area contributed by atoms with Crippen molar-refractivity contribution in [2.45, 2.75) is 51.1 Å². The molecule has 0 amide bonds. The van der Waals surface area contributed by atoms with Gasteiger partial charge in [0.05, 0.1) is 12.2 Å². The molecule has 0 spiro atoms. The van der Waals surface area contributed by atoms with E-state index in [1.165, 1.54) is 31.2 Å². The van der Waals surface area contributed by atoms with Gasteiger partial charge in [0.2, 0.25) is 0 Å². The fraction of sp³-hybridized carbons (Fsp3) is 0.812. The summed E-state index contributed by atoms with van der Waals surface area (Å²) in [6.07, 6.45) is 9.34. The van der Waals surface area contributed by atoms with E-state index in [1.54, 1.807) is 0 Å². The molecule has 1 aliphatic carbocycles. The monoisotopic (exact) mass is 278 g/mol. The van der Waals surface area contributed by atoms with Crippen LogP contribution in [0.1, 0.15) is 51.1 Å². The molecule has 0 bridgehead atoms. The van der Waals surface area contributed by atoms with Crippen LogP contribution < -0.4 is 5.32 Å². The van der Waals surface area contributed by atoms with Crippen molar-refractivity contribution in [2.24, 2.45) is 13.0 Å². The molecule has 0 aliphatic heterocycles. The second-order valence-electron chi connectivity index (χ2n) is 6.62. The molecule has 1 saturated carbocycles. The fourth-order valence-corrected chi connectivity index (χ4v) is 3.67. The maximum Gasteiger partial charge on any atom is 0.0538 e. The Kier molecular flexibility index (Phi) is 4.86. The topological polar surface area (TPSA) is 33.1 Å². The lowest BCUT2D eigenvalue weighted by molar-refractivity contribution is 0.0434. The second kappa shape index (κ2) is 6.27. The summed E-state index contributed by atoms with van der Waals surface area (Å²) in [4.78, 5) is 2.44. The van der Waals surface area contributed by atoms with Crippen LogP contribution in [0, 0.1) is 5.92 Å². The summed E-state index contributed by atoms with van der Waals surface area (Å²) in [6.45, 7) is 5.56. The number of nitrogens with zero attached hydrogens (tertiary/aromatic N) is 3. The molecule has 4 heteroatoms. The molecule has 4 nitrogen and oxygen atoms in total. The quantitative estimate of drug-likeness (QED) is 0.898. The zero-order chi connectivity index (χ0) is 14.8. The number of aromatic nitrogens is 2. The molecule has 1 N–H and O–H groups in total. The van der Waals surface area contributed by atoms with Crippen molar-refractivity contribution < 1.29 is 0 Å². The van der Waals surface area contributed by atoms with Gasteiger partial charge in [0.1, 0.15) is 0 Å². The number of hydrogen-bond acceptors (Lipinski definition) is 3. The van der Waals surface area contributed by atoms with E-state index < -0.39 is 0 Å². The number of hydrogen-bond donors (Lipinski definition) is 1. The summed E-state index contributed by atoms with van der Waals surface area (Å²) in [5.41, 5.74) is 1.53. The fourth-order valence-electron chi connectivity index (χ4n) is 3.67. The molecule has 1 unspecified atom stereocenters. The summed E-state index contributed by atoms with van der Waals surface area (Å²) in [5, 5.41) is 8.10. The van der Waals surface area contributed by atoms with Gasteiger partial charge in [-0.1, -0.05) is 13.8 Å². The van der Waals surface area contributed by atoms with Gasteiger partial charge in [0.15, 0.2) is 0 Å². The van der Waals surface area contributed by atoms with Gasteiger partial charge in [-0.15, -0.1) is 0 Å². The Morgan fingerprint density at radius 3 is 2.55 bits per heavy atom. The van der Waals surface area contributed by atoms with Crippen LogP contribution in [0.5, 0.6) is 0 Å². The van der Waals surface area contributed by atoms with Gasteiger partial charge in [-0.25, -0.2) is 0 Å². The Morgan fingerprint density at radius 2 is 2.10 bits per heavy atom. The van der Waals surface area contributed by atoms with Crippen LogP contribution in [0.4, 0.5) is 0 Å². The van der Waals surface area contributed by atoms with Crippen LogP contribution >= 0.6 is 0 Å². The molecule has 114 valence electrons. The molecule has 1 fully saturated rings. The lowest BCUT2D eigenvalue weighted by atomic mass is 9.70. The predicted octanol–water partition coefficient (Wildman–Crippen LogP) is 2.58. The van der Waals surface area contributed by atoms with Crippen LogP contribution in [0.3, 0.4) is 0 Å². The third-order valence-corrected chi connectivity index (χ3v) is 5.03. The summed E-state index contributed by atoms with van der Waals surface area (Å²) in [6, 6.07) is 0.365. The molecule has 1 aromatic heterocycles. The van der Waals surface area contributed by atoms with Crippen LogP contribution in [0.25, 0.3) is 0 Å². The average Bonchev–Trinajstić information content (AvgIpc) is 2.83. The average molecular weight is 278 g/mol. The molecule has 1 atom stereocenters. The first-order valence-electron chi connectivity index (χ1n) is 7.89. The first-order valence-corrected chi connectivity index (χ1v) is 7.89. The smallest absolute Gasteiger partial charge is 0.0538 e. The van der Waals surface area contributed by atoms with Crippen LogP contribution in [0.15, 0.2) is 12.4 Å². The molecular weight excluding hydrogens is 248 g/mol. The van der Waals surface area contributed by atoms with E-state index in [0.717, 1.165) is 12.5 Å². The first kappa shape index (κ1) is 15.5. The summed E-state index contributed by atoms with van der Waals surface area (Å²) in [5.74, 6) is 0.860. The van der Waals surface area contributed by atoms with Gasteiger partial charge in [-0.05, 0) is 52.2 Å². The van der Waals surface area contributed by atoms with Crippen LogP contribution in [0.2, 0.25) is 0 Å². The first-order chi connectivity index (χ1) is 9.49. The normalized spacial score (nSPS) is 28.8. The van der Waals surface area contributed by atoms with Crippen molar-refractivity contribution in [3.8, 4) is 0 Å². The third-order valence-electron chi connectivity index (χ3n) is 5.03. The summed E-state index contributed by atoms with van der Waals surface area (Å²) in [7, 11) is 6.46. The molecule has 1 heterocycles. The minimum absolute atomic E-state index is 0.214. The highest BCUT2D eigenvalue weighted by Crippen LogP contribution is 2.43. The largest absolute Gasteiger partial charge is 0.309 e. The van der Waals surface area contributed by atoms with Crippen molar-refractivity contribution in [3.05, 3.63) is 18.0 Å². The van der Waals surface area contributed by atoms with Gasteiger partial charge < -0.3 is 10.2 Å². The Labute approximate surface area is 123 Å². The molecule has 1 aromatic rings. The van der Waals surface area contributed by atoms with Gasteiger partial charge in [0.25, 0.3) is 0 Å². The van der Waals surface area contributed by atoms with Crippen LogP contribution in [-0.2, 0) is 7.05 Å². The van der Waals surface area contributed by atoms with Crippen molar-refractivity contribution in [1.82, 2.24) is 20.0 Å². The Balaban J connectivity index is 2.32. The Bertz CT molecular complexity index is 416. The SMILES string of the molecule is CCNC(c1cnn(C)c1)C1(N(C)C)CCC(C)CC1. The van der Waals surface area contributed by atoms with E-state index in [4.69, 9.17) is 0 Å². The van der Waals surface area contributed by atoms with E-state index >= 15 is 0 Å². The van der Waals surface area contributed by atoms with E-state index in [2.05, 4.69) is 49.5 Å². The molecule has 0 saturated heterocycles. The predicted molar refractivity (Wildman–Crippen MR) is 83.7 cm³/mol.